The van der Waals surface area contributed by atoms with Gasteiger partial charge >= 0.3 is 0 Å². The van der Waals surface area contributed by atoms with Gasteiger partial charge in [0.05, 0.1) is 0 Å². The summed E-state index contributed by atoms with van der Waals surface area (Å²) in [6.07, 6.45) is 2.23. The molecular weight excluding hydrogens is 230 g/mol. The smallest absolute Gasteiger partial charge is 0.240 e. The van der Waals surface area contributed by atoms with Crippen LogP contribution in [0.4, 0.5) is 11.8 Å². The van der Waals surface area contributed by atoms with Crippen molar-refractivity contribution in [1.82, 2.24) is 14.6 Å². The molecule has 2 aromatic heterocycles. The van der Waals surface area contributed by atoms with Gasteiger partial charge in [-0.15, -0.1) is 5.10 Å². The number of aromatic nitrogens is 3. The Labute approximate surface area is 105 Å². The van der Waals surface area contributed by atoms with E-state index >= 15 is 0 Å². The Morgan fingerprint density at radius 1 is 1.39 bits per heavy atom. The third-order valence-electron chi connectivity index (χ3n) is 3.29. The van der Waals surface area contributed by atoms with Gasteiger partial charge < -0.3 is 15.8 Å². The number of hydrogen-bond acceptors (Lipinski definition) is 5. The van der Waals surface area contributed by atoms with Crippen molar-refractivity contribution in [3.8, 4) is 0 Å². The fourth-order valence-corrected chi connectivity index (χ4v) is 2.26. The molecule has 1 saturated heterocycles. The van der Waals surface area contributed by atoms with Gasteiger partial charge in [-0.05, 0) is 30.9 Å². The van der Waals surface area contributed by atoms with Gasteiger partial charge in [0.1, 0.15) is 5.82 Å². The standard InChI is InChI=1S/C12H17N5O/c13-12-15-11-3-1-2-10(17(11)16-12)14-8-9-4-6-18-7-5-9/h1-3,9,14H,4-8H2,(H2,13,16). The summed E-state index contributed by atoms with van der Waals surface area (Å²) in [4.78, 5) is 4.14. The molecule has 18 heavy (non-hydrogen) atoms. The molecule has 0 aliphatic carbocycles. The van der Waals surface area contributed by atoms with Crippen molar-refractivity contribution in [3.63, 3.8) is 0 Å². The summed E-state index contributed by atoms with van der Waals surface area (Å²) in [5, 5.41) is 7.59. The molecule has 0 unspecified atom stereocenters. The second-order valence-corrected chi connectivity index (χ2v) is 4.59. The molecule has 0 bridgehead atoms. The molecule has 0 amide bonds. The maximum atomic E-state index is 5.61. The fraction of sp³-hybridized carbons (Fsp3) is 0.500. The SMILES string of the molecule is Nc1nc2cccc(NCC3CCOCC3)n2n1. The average molecular weight is 247 g/mol. The molecule has 2 aromatic rings. The second-order valence-electron chi connectivity index (χ2n) is 4.59. The summed E-state index contributed by atoms with van der Waals surface area (Å²) in [5.41, 5.74) is 6.38. The molecule has 1 fully saturated rings. The van der Waals surface area contributed by atoms with Crippen molar-refractivity contribution < 1.29 is 4.74 Å². The molecular formula is C12H17N5O. The molecule has 0 saturated carbocycles. The first kappa shape index (κ1) is 11.3. The third kappa shape index (κ3) is 2.24. The van der Waals surface area contributed by atoms with E-state index in [9.17, 15) is 0 Å². The zero-order valence-electron chi connectivity index (χ0n) is 10.2. The molecule has 0 spiro atoms. The van der Waals surface area contributed by atoms with Crippen LogP contribution in [0.5, 0.6) is 0 Å². The molecule has 1 aliphatic heterocycles. The number of hydrogen-bond donors (Lipinski definition) is 2. The molecule has 6 heteroatoms. The summed E-state index contributed by atoms with van der Waals surface area (Å²) in [6.45, 7) is 2.67. The van der Waals surface area contributed by atoms with Gasteiger partial charge in [-0.25, -0.2) is 0 Å². The summed E-state index contributed by atoms with van der Waals surface area (Å²) in [7, 11) is 0. The fourth-order valence-electron chi connectivity index (χ4n) is 2.26. The lowest BCUT2D eigenvalue weighted by molar-refractivity contribution is 0.0699. The van der Waals surface area contributed by atoms with E-state index in [1.54, 1.807) is 4.52 Å². The lowest BCUT2D eigenvalue weighted by Crippen LogP contribution is -2.23. The summed E-state index contributed by atoms with van der Waals surface area (Å²) in [5.74, 6) is 1.90. The largest absolute Gasteiger partial charge is 0.381 e. The van der Waals surface area contributed by atoms with E-state index in [0.717, 1.165) is 44.1 Å². The first-order valence-electron chi connectivity index (χ1n) is 6.26. The van der Waals surface area contributed by atoms with Gasteiger partial charge in [-0.1, -0.05) is 6.07 Å². The van der Waals surface area contributed by atoms with Gasteiger partial charge in [-0.2, -0.15) is 9.50 Å². The zero-order chi connectivity index (χ0) is 12.4. The van der Waals surface area contributed by atoms with Gasteiger partial charge in [0.2, 0.25) is 5.95 Å². The number of nitrogens with zero attached hydrogens (tertiary/aromatic N) is 3. The zero-order valence-corrected chi connectivity index (χ0v) is 10.2. The number of pyridine rings is 1. The number of nitrogen functional groups attached to an aromatic ring is 1. The maximum Gasteiger partial charge on any atom is 0.240 e. The van der Waals surface area contributed by atoms with Crippen molar-refractivity contribution >= 4 is 17.4 Å². The Bertz CT molecular complexity index is 532. The Morgan fingerprint density at radius 3 is 3.06 bits per heavy atom. The van der Waals surface area contributed by atoms with Crippen molar-refractivity contribution in [1.29, 1.82) is 0 Å². The first-order valence-corrected chi connectivity index (χ1v) is 6.26. The van der Waals surface area contributed by atoms with E-state index in [4.69, 9.17) is 10.5 Å². The maximum absolute atomic E-state index is 5.61. The molecule has 0 atom stereocenters. The number of fused-ring (bicyclic) bond motifs is 1. The molecule has 3 heterocycles. The van der Waals surface area contributed by atoms with Gasteiger partial charge in [0.15, 0.2) is 5.65 Å². The van der Waals surface area contributed by atoms with Crippen molar-refractivity contribution in [2.24, 2.45) is 5.92 Å². The van der Waals surface area contributed by atoms with Crippen LogP contribution in [0.15, 0.2) is 18.2 Å². The normalized spacial score (nSPS) is 17.1. The second kappa shape index (κ2) is 4.81. The van der Waals surface area contributed by atoms with Crippen LogP contribution in [0.1, 0.15) is 12.8 Å². The highest BCUT2D eigenvalue weighted by molar-refractivity contribution is 5.50. The minimum absolute atomic E-state index is 0.301. The van der Waals surface area contributed by atoms with E-state index in [0.29, 0.717) is 11.9 Å². The predicted molar refractivity (Wildman–Crippen MR) is 69.4 cm³/mol. The summed E-state index contributed by atoms with van der Waals surface area (Å²) < 4.78 is 7.10. The van der Waals surface area contributed by atoms with Crippen LogP contribution in [0.25, 0.3) is 5.65 Å². The number of ether oxygens (including phenoxy) is 1. The Hall–Kier alpha value is -1.82. The van der Waals surface area contributed by atoms with E-state index < -0.39 is 0 Å². The minimum Gasteiger partial charge on any atom is -0.381 e. The van der Waals surface area contributed by atoms with Crippen LogP contribution >= 0.6 is 0 Å². The Kier molecular flexibility index (Phi) is 3.02. The van der Waals surface area contributed by atoms with Gasteiger partial charge in [0.25, 0.3) is 0 Å². The van der Waals surface area contributed by atoms with Crippen LogP contribution in [-0.4, -0.2) is 34.4 Å². The number of rotatable bonds is 3. The number of nitrogens with one attached hydrogen (secondary N) is 1. The minimum atomic E-state index is 0.301. The van der Waals surface area contributed by atoms with Crippen molar-refractivity contribution in [2.45, 2.75) is 12.8 Å². The van der Waals surface area contributed by atoms with Crippen LogP contribution in [0.3, 0.4) is 0 Å². The van der Waals surface area contributed by atoms with E-state index in [1.165, 1.54) is 0 Å². The molecule has 0 aromatic carbocycles. The lowest BCUT2D eigenvalue weighted by Gasteiger charge is -2.22. The molecule has 1 aliphatic rings. The van der Waals surface area contributed by atoms with E-state index in [-0.39, 0.29) is 0 Å². The quantitative estimate of drug-likeness (QED) is 0.850. The topological polar surface area (TPSA) is 77.5 Å². The monoisotopic (exact) mass is 247 g/mol. The van der Waals surface area contributed by atoms with E-state index in [2.05, 4.69) is 15.4 Å². The lowest BCUT2D eigenvalue weighted by atomic mass is 10.0. The third-order valence-corrected chi connectivity index (χ3v) is 3.29. The highest BCUT2D eigenvalue weighted by Gasteiger charge is 2.14. The Balaban J connectivity index is 1.73. The first-order chi connectivity index (χ1) is 8.83. The van der Waals surface area contributed by atoms with E-state index in [1.807, 2.05) is 18.2 Å². The van der Waals surface area contributed by atoms with Crippen LogP contribution in [0.2, 0.25) is 0 Å². The highest BCUT2D eigenvalue weighted by Crippen LogP contribution is 2.17. The molecule has 3 rings (SSSR count). The highest BCUT2D eigenvalue weighted by atomic mass is 16.5. The molecule has 96 valence electrons. The molecule has 0 radical (unpaired) electrons. The van der Waals surface area contributed by atoms with Gasteiger partial charge in [-0.3, -0.25) is 0 Å². The summed E-state index contributed by atoms with van der Waals surface area (Å²) in [6, 6.07) is 5.83. The Morgan fingerprint density at radius 2 is 2.22 bits per heavy atom. The van der Waals surface area contributed by atoms with Crippen molar-refractivity contribution in [3.05, 3.63) is 18.2 Å². The average Bonchev–Trinajstić information content (AvgIpc) is 2.78. The van der Waals surface area contributed by atoms with Crippen LogP contribution in [-0.2, 0) is 4.74 Å². The van der Waals surface area contributed by atoms with Gasteiger partial charge in [0, 0.05) is 19.8 Å². The number of nitrogens with two attached hydrogens (primary N) is 1. The number of anilines is 2. The van der Waals surface area contributed by atoms with Crippen molar-refractivity contribution in [2.75, 3.05) is 30.8 Å². The molecule has 3 N–H and O–H groups in total. The van der Waals surface area contributed by atoms with Crippen LogP contribution < -0.4 is 11.1 Å². The summed E-state index contributed by atoms with van der Waals surface area (Å²) >= 11 is 0. The molecule has 6 nitrogen and oxygen atoms in total. The predicted octanol–water partition coefficient (Wildman–Crippen LogP) is 1.15. The van der Waals surface area contributed by atoms with Crippen LogP contribution in [0, 0.1) is 5.92 Å².